The number of nitrogens with one attached hydrogen (secondary N) is 1. The van der Waals surface area contributed by atoms with Crippen molar-refractivity contribution in [1.29, 1.82) is 0 Å². The van der Waals surface area contributed by atoms with Gasteiger partial charge in [-0.15, -0.1) is 0 Å². The number of carbonyl (C=O) groups is 1. The number of aliphatic hydroxyl groups is 2. The van der Waals surface area contributed by atoms with Gasteiger partial charge in [-0.3, -0.25) is 13.8 Å². The number of allylic oxidation sites excluding steroid dienone is 1. The highest BCUT2D eigenvalue weighted by molar-refractivity contribution is 7.47. The first-order valence-corrected chi connectivity index (χ1v) is 25.9. The van der Waals surface area contributed by atoms with E-state index in [4.69, 9.17) is 14.8 Å². The number of phosphoric ester groups is 1. The summed E-state index contributed by atoms with van der Waals surface area (Å²) in [6.07, 6.45) is 45.8. The van der Waals surface area contributed by atoms with Crippen molar-refractivity contribution in [1.82, 2.24) is 5.32 Å². The molecule has 0 heterocycles. The average molecular weight is 831 g/mol. The SMILES string of the molecule is CCCCCCCCCCCCCCCCCCCCC/C=C/C(O)C(COP(=O)(O)OCCN)NC(=O)CC(O)CCCCCCCCCCCCCCCC. The number of unbranched alkanes of at least 4 members (excludes halogenated alkanes) is 32. The molecule has 0 aromatic rings. The summed E-state index contributed by atoms with van der Waals surface area (Å²) in [5.74, 6) is -0.441. The van der Waals surface area contributed by atoms with Crippen molar-refractivity contribution in [2.75, 3.05) is 19.8 Å². The van der Waals surface area contributed by atoms with E-state index in [1.54, 1.807) is 6.08 Å². The van der Waals surface area contributed by atoms with Gasteiger partial charge in [-0.25, -0.2) is 4.57 Å². The van der Waals surface area contributed by atoms with Gasteiger partial charge in [0.15, 0.2) is 0 Å². The molecule has 0 radical (unpaired) electrons. The number of carbonyl (C=O) groups excluding carboxylic acids is 1. The lowest BCUT2D eigenvalue weighted by Gasteiger charge is -2.24. The summed E-state index contributed by atoms with van der Waals surface area (Å²) in [4.78, 5) is 22.8. The lowest BCUT2D eigenvalue weighted by Crippen LogP contribution is -2.46. The van der Waals surface area contributed by atoms with Crippen LogP contribution in [0.4, 0.5) is 0 Å². The summed E-state index contributed by atoms with van der Waals surface area (Å²) in [7, 11) is -4.40. The summed E-state index contributed by atoms with van der Waals surface area (Å²) in [5, 5.41) is 24.1. The van der Waals surface area contributed by atoms with Gasteiger partial charge in [-0.2, -0.15) is 0 Å². The molecule has 0 bridgehead atoms. The van der Waals surface area contributed by atoms with Gasteiger partial charge < -0.3 is 26.2 Å². The molecule has 0 aromatic heterocycles. The minimum Gasteiger partial charge on any atom is -0.393 e. The molecular formula is C47H95N2O7P. The first kappa shape index (κ1) is 56.2. The van der Waals surface area contributed by atoms with Crippen LogP contribution in [0.2, 0.25) is 0 Å². The summed E-state index contributed by atoms with van der Waals surface area (Å²) < 4.78 is 22.1. The summed E-state index contributed by atoms with van der Waals surface area (Å²) >= 11 is 0. The summed E-state index contributed by atoms with van der Waals surface area (Å²) in [5.41, 5.74) is 5.37. The Kier molecular flexibility index (Phi) is 42.7. The molecular weight excluding hydrogens is 735 g/mol. The van der Waals surface area contributed by atoms with Crippen LogP contribution < -0.4 is 11.1 Å². The summed E-state index contributed by atoms with van der Waals surface area (Å²) in [6, 6.07) is -0.978. The fourth-order valence-electron chi connectivity index (χ4n) is 7.47. The smallest absolute Gasteiger partial charge is 0.393 e. The highest BCUT2D eigenvalue weighted by Gasteiger charge is 2.27. The lowest BCUT2D eigenvalue weighted by atomic mass is 10.0. The average Bonchev–Trinajstić information content (AvgIpc) is 3.19. The normalized spacial score (nSPS) is 14.6. The van der Waals surface area contributed by atoms with Gasteiger partial charge in [-0.1, -0.05) is 231 Å². The van der Waals surface area contributed by atoms with E-state index in [1.165, 1.54) is 180 Å². The van der Waals surface area contributed by atoms with Gasteiger partial charge in [-0.05, 0) is 19.3 Å². The second-order valence-corrected chi connectivity index (χ2v) is 18.3. The Morgan fingerprint density at radius 1 is 0.596 bits per heavy atom. The maximum absolute atomic E-state index is 12.8. The monoisotopic (exact) mass is 831 g/mol. The molecule has 6 N–H and O–H groups in total. The topological polar surface area (TPSA) is 151 Å². The third-order valence-electron chi connectivity index (χ3n) is 11.2. The molecule has 9 nitrogen and oxygen atoms in total. The van der Waals surface area contributed by atoms with Crippen LogP contribution in [0.1, 0.15) is 245 Å². The van der Waals surface area contributed by atoms with Gasteiger partial charge in [0, 0.05) is 6.54 Å². The Balaban J connectivity index is 4.21. The molecule has 0 saturated heterocycles. The maximum Gasteiger partial charge on any atom is 0.472 e. The molecule has 4 atom stereocenters. The first-order chi connectivity index (χ1) is 27.8. The van der Waals surface area contributed by atoms with Crippen molar-refractivity contribution in [3.8, 4) is 0 Å². The predicted octanol–water partition coefficient (Wildman–Crippen LogP) is 12.9. The second kappa shape index (κ2) is 43.3. The quantitative estimate of drug-likeness (QED) is 0.0231. The zero-order chi connectivity index (χ0) is 41.9. The van der Waals surface area contributed by atoms with Crippen molar-refractivity contribution < 1.29 is 33.5 Å². The summed E-state index contributed by atoms with van der Waals surface area (Å²) in [6.45, 7) is 4.01. The van der Waals surface area contributed by atoms with E-state index in [0.29, 0.717) is 6.42 Å². The van der Waals surface area contributed by atoms with Crippen molar-refractivity contribution in [2.45, 2.75) is 263 Å². The Morgan fingerprint density at radius 2 is 0.965 bits per heavy atom. The fourth-order valence-corrected chi connectivity index (χ4v) is 8.23. The molecule has 4 unspecified atom stereocenters. The molecule has 1 amide bonds. The van der Waals surface area contributed by atoms with Crippen LogP contribution in [0.25, 0.3) is 0 Å². The minimum absolute atomic E-state index is 0.0517. The van der Waals surface area contributed by atoms with E-state index in [1.807, 2.05) is 6.08 Å². The minimum atomic E-state index is -4.40. The molecule has 0 aliphatic carbocycles. The van der Waals surface area contributed by atoms with E-state index in [9.17, 15) is 24.5 Å². The van der Waals surface area contributed by atoms with Crippen LogP contribution in [0, 0.1) is 0 Å². The Bertz CT molecular complexity index is 924. The number of nitrogens with two attached hydrogens (primary N) is 1. The van der Waals surface area contributed by atoms with E-state index >= 15 is 0 Å². The molecule has 0 saturated carbocycles. The molecule has 0 spiro atoms. The van der Waals surface area contributed by atoms with Crippen molar-refractivity contribution in [2.24, 2.45) is 5.73 Å². The molecule has 0 fully saturated rings. The standard InChI is InChI=1S/C47H95N2O7P/c1-3-5-7-9-11-13-15-17-19-20-21-22-23-24-25-27-29-31-33-35-37-39-46(51)45(43-56-57(53,54)55-41-40-48)49-47(52)42-44(50)38-36-34-32-30-28-26-18-16-14-12-10-8-6-4-2/h37,39,44-46,50-51H,3-36,38,40-43,48H2,1-2H3,(H,49,52)(H,53,54)/b39-37+. The number of phosphoric acid groups is 1. The number of hydrogen-bond acceptors (Lipinski definition) is 7. The lowest BCUT2D eigenvalue weighted by molar-refractivity contribution is -0.124. The number of amides is 1. The van der Waals surface area contributed by atoms with Gasteiger partial charge in [0.2, 0.25) is 5.91 Å². The Labute approximate surface area is 352 Å². The van der Waals surface area contributed by atoms with E-state index in [2.05, 4.69) is 19.2 Å². The number of rotatable bonds is 46. The maximum atomic E-state index is 12.8. The predicted molar refractivity (Wildman–Crippen MR) is 241 cm³/mol. The van der Waals surface area contributed by atoms with Crippen LogP contribution in [0.15, 0.2) is 12.2 Å². The molecule has 340 valence electrons. The van der Waals surface area contributed by atoms with Crippen LogP contribution in [-0.4, -0.2) is 59.0 Å². The van der Waals surface area contributed by atoms with Crippen molar-refractivity contribution in [3.05, 3.63) is 12.2 Å². The molecule has 10 heteroatoms. The highest BCUT2D eigenvalue weighted by atomic mass is 31.2. The number of hydrogen-bond donors (Lipinski definition) is 5. The molecule has 0 aliphatic heterocycles. The second-order valence-electron chi connectivity index (χ2n) is 16.9. The van der Waals surface area contributed by atoms with Crippen LogP contribution in [0.3, 0.4) is 0 Å². The molecule has 0 aromatic carbocycles. The van der Waals surface area contributed by atoms with Gasteiger partial charge >= 0.3 is 7.82 Å². The Morgan fingerprint density at radius 3 is 1.35 bits per heavy atom. The van der Waals surface area contributed by atoms with Crippen LogP contribution in [-0.2, 0) is 18.4 Å². The zero-order valence-electron chi connectivity index (χ0n) is 37.5. The van der Waals surface area contributed by atoms with Gasteiger partial charge in [0.1, 0.15) is 0 Å². The third kappa shape index (κ3) is 41.7. The van der Waals surface area contributed by atoms with Crippen molar-refractivity contribution in [3.63, 3.8) is 0 Å². The van der Waals surface area contributed by atoms with E-state index in [-0.39, 0.29) is 19.6 Å². The van der Waals surface area contributed by atoms with Gasteiger partial charge in [0.25, 0.3) is 0 Å². The van der Waals surface area contributed by atoms with Crippen LogP contribution in [0.5, 0.6) is 0 Å². The fraction of sp³-hybridized carbons (Fsp3) is 0.936. The van der Waals surface area contributed by atoms with Gasteiger partial charge in [0.05, 0.1) is 37.9 Å². The third-order valence-corrected chi connectivity index (χ3v) is 12.2. The van der Waals surface area contributed by atoms with E-state index < -0.39 is 38.6 Å². The molecule has 57 heavy (non-hydrogen) atoms. The van der Waals surface area contributed by atoms with Crippen molar-refractivity contribution >= 4 is 13.7 Å². The largest absolute Gasteiger partial charge is 0.472 e. The Hall–Kier alpha value is -0.800. The zero-order valence-corrected chi connectivity index (χ0v) is 38.4. The molecule has 0 aliphatic rings. The van der Waals surface area contributed by atoms with Crippen LogP contribution >= 0.6 is 7.82 Å². The number of aliphatic hydroxyl groups excluding tert-OH is 2. The van der Waals surface area contributed by atoms with E-state index in [0.717, 1.165) is 38.5 Å². The molecule has 0 rings (SSSR count). The first-order valence-electron chi connectivity index (χ1n) is 24.4. The highest BCUT2D eigenvalue weighted by Crippen LogP contribution is 2.43.